The van der Waals surface area contributed by atoms with Gasteiger partial charge in [-0.15, -0.1) is 0 Å². The van der Waals surface area contributed by atoms with Crippen LogP contribution in [0.5, 0.6) is 0 Å². The van der Waals surface area contributed by atoms with Crippen molar-refractivity contribution in [1.82, 2.24) is 0 Å². The van der Waals surface area contributed by atoms with Crippen LogP contribution in [0.2, 0.25) is 0 Å². The fourth-order valence-electron chi connectivity index (χ4n) is 1.90. The highest BCUT2D eigenvalue weighted by Gasteiger charge is 1.95. The molecule has 0 heterocycles. The standard InChI is InChI=1S/C18H30O2/c1-2-3-4-5-6-7-8-9-10-11-12-13-14-15-16-17-18(19)20/h3-4,6-7,9-10H,2,5,8,11-17H2,1H3,(H,19,20)/b4-3+,7-6+,10-9+. The number of carboxylic acid groups (broad SMARTS) is 1. The molecule has 0 saturated carbocycles. The SMILES string of the molecule is CC/C=C/C/C=C/C/C=C/CCCCCCCC(=O)O. The first-order valence-corrected chi connectivity index (χ1v) is 7.94. The molecule has 1 N–H and O–H groups in total. The fraction of sp³-hybridized carbons (Fsp3) is 0.611. The average molecular weight is 278 g/mol. The van der Waals surface area contributed by atoms with E-state index in [4.69, 9.17) is 5.11 Å². The van der Waals surface area contributed by atoms with Gasteiger partial charge in [0, 0.05) is 6.42 Å². The highest BCUT2D eigenvalue weighted by Crippen LogP contribution is 2.07. The number of hydrogen-bond donors (Lipinski definition) is 1. The van der Waals surface area contributed by atoms with Crippen LogP contribution in [0.1, 0.15) is 71.1 Å². The molecule has 0 amide bonds. The normalized spacial score (nSPS) is 12.1. The van der Waals surface area contributed by atoms with Gasteiger partial charge < -0.3 is 5.11 Å². The van der Waals surface area contributed by atoms with Crippen molar-refractivity contribution in [3.63, 3.8) is 0 Å². The molecular weight excluding hydrogens is 248 g/mol. The summed E-state index contributed by atoms with van der Waals surface area (Å²) in [7, 11) is 0. The van der Waals surface area contributed by atoms with Gasteiger partial charge in [-0.1, -0.05) is 62.6 Å². The molecule has 0 bridgehead atoms. The van der Waals surface area contributed by atoms with Gasteiger partial charge in [0.2, 0.25) is 0 Å². The molecule has 2 nitrogen and oxygen atoms in total. The predicted molar refractivity (Wildman–Crippen MR) is 86.9 cm³/mol. The van der Waals surface area contributed by atoms with E-state index in [2.05, 4.69) is 43.4 Å². The molecule has 0 fully saturated rings. The first-order valence-electron chi connectivity index (χ1n) is 7.94. The minimum absolute atomic E-state index is 0.319. The van der Waals surface area contributed by atoms with Gasteiger partial charge in [0.25, 0.3) is 0 Å². The lowest BCUT2D eigenvalue weighted by atomic mass is 10.1. The molecule has 0 aromatic rings. The second-order valence-electron chi connectivity index (χ2n) is 4.99. The molecule has 0 radical (unpaired) electrons. The van der Waals surface area contributed by atoms with Crippen LogP contribution in [0.25, 0.3) is 0 Å². The lowest BCUT2D eigenvalue weighted by molar-refractivity contribution is -0.137. The fourth-order valence-corrected chi connectivity index (χ4v) is 1.90. The second kappa shape index (κ2) is 15.7. The van der Waals surface area contributed by atoms with E-state index in [1.807, 2.05) is 0 Å². The van der Waals surface area contributed by atoms with Crippen molar-refractivity contribution in [3.05, 3.63) is 36.5 Å². The zero-order valence-corrected chi connectivity index (χ0v) is 12.9. The van der Waals surface area contributed by atoms with Crippen LogP contribution in [-0.2, 0) is 4.79 Å². The number of allylic oxidation sites excluding steroid dienone is 6. The van der Waals surface area contributed by atoms with Crippen molar-refractivity contribution in [1.29, 1.82) is 0 Å². The van der Waals surface area contributed by atoms with E-state index in [0.717, 1.165) is 44.9 Å². The Morgan fingerprint density at radius 3 is 2.00 bits per heavy atom. The molecule has 0 spiro atoms. The largest absolute Gasteiger partial charge is 0.481 e. The molecule has 0 atom stereocenters. The van der Waals surface area contributed by atoms with Gasteiger partial charge in [0.05, 0.1) is 0 Å². The van der Waals surface area contributed by atoms with Crippen LogP contribution in [0.4, 0.5) is 0 Å². The average Bonchev–Trinajstić information content (AvgIpc) is 2.43. The van der Waals surface area contributed by atoms with Crippen molar-refractivity contribution >= 4 is 5.97 Å². The topological polar surface area (TPSA) is 37.3 Å². The van der Waals surface area contributed by atoms with Crippen LogP contribution in [-0.4, -0.2) is 11.1 Å². The van der Waals surface area contributed by atoms with E-state index in [0.29, 0.717) is 6.42 Å². The van der Waals surface area contributed by atoms with Crippen molar-refractivity contribution < 1.29 is 9.90 Å². The van der Waals surface area contributed by atoms with E-state index < -0.39 is 5.97 Å². The minimum atomic E-state index is -0.675. The Balaban J connectivity index is 3.23. The summed E-state index contributed by atoms with van der Waals surface area (Å²) >= 11 is 0. The van der Waals surface area contributed by atoms with Crippen LogP contribution in [0.3, 0.4) is 0 Å². The Morgan fingerprint density at radius 1 is 0.800 bits per heavy atom. The molecule has 0 unspecified atom stereocenters. The summed E-state index contributed by atoms with van der Waals surface area (Å²) in [6.07, 6.45) is 23.4. The molecule has 2 heteroatoms. The van der Waals surface area contributed by atoms with Gasteiger partial charge in [-0.3, -0.25) is 4.79 Å². The van der Waals surface area contributed by atoms with Gasteiger partial charge in [-0.25, -0.2) is 0 Å². The number of hydrogen-bond acceptors (Lipinski definition) is 1. The zero-order chi connectivity index (χ0) is 14.9. The number of unbranched alkanes of at least 4 members (excludes halogenated alkanes) is 5. The highest BCUT2D eigenvalue weighted by atomic mass is 16.4. The molecule has 0 aliphatic heterocycles. The van der Waals surface area contributed by atoms with Crippen molar-refractivity contribution in [2.45, 2.75) is 71.1 Å². The van der Waals surface area contributed by atoms with Gasteiger partial charge >= 0.3 is 5.97 Å². The number of carbonyl (C=O) groups is 1. The molecule has 0 aliphatic rings. The Kier molecular flexibility index (Phi) is 14.7. The first kappa shape index (κ1) is 18.7. The van der Waals surface area contributed by atoms with E-state index in [9.17, 15) is 4.79 Å². The summed E-state index contributed by atoms with van der Waals surface area (Å²) in [5.74, 6) is -0.675. The third-order valence-corrected chi connectivity index (χ3v) is 3.04. The van der Waals surface area contributed by atoms with Crippen LogP contribution in [0.15, 0.2) is 36.5 Å². The number of rotatable bonds is 13. The lowest BCUT2D eigenvalue weighted by Crippen LogP contribution is -1.93. The maximum Gasteiger partial charge on any atom is 0.303 e. The van der Waals surface area contributed by atoms with Gasteiger partial charge in [0.1, 0.15) is 0 Å². The van der Waals surface area contributed by atoms with Gasteiger partial charge in [0.15, 0.2) is 0 Å². The maximum absolute atomic E-state index is 10.3. The zero-order valence-electron chi connectivity index (χ0n) is 12.9. The molecule has 0 aliphatic carbocycles. The molecule has 20 heavy (non-hydrogen) atoms. The Hall–Kier alpha value is -1.31. The minimum Gasteiger partial charge on any atom is -0.481 e. The molecule has 0 aromatic carbocycles. The predicted octanol–water partition coefficient (Wildman–Crippen LogP) is 5.66. The van der Waals surface area contributed by atoms with E-state index in [1.165, 1.54) is 12.8 Å². The summed E-state index contributed by atoms with van der Waals surface area (Å²) < 4.78 is 0. The number of carboxylic acids is 1. The third-order valence-electron chi connectivity index (χ3n) is 3.04. The van der Waals surface area contributed by atoms with Crippen LogP contribution in [0, 0.1) is 0 Å². The van der Waals surface area contributed by atoms with E-state index in [1.54, 1.807) is 0 Å². The van der Waals surface area contributed by atoms with Crippen LogP contribution < -0.4 is 0 Å². The monoisotopic (exact) mass is 278 g/mol. The maximum atomic E-state index is 10.3. The Morgan fingerprint density at radius 2 is 1.35 bits per heavy atom. The summed E-state index contributed by atoms with van der Waals surface area (Å²) in [5, 5.41) is 8.50. The molecule has 0 saturated heterocycles. The van der Waals surface area contributed by atoms with Crippen molar-refractivity contribution in [2.75, 3.05) is 0 Å². The van der Waals surface area contributed by atoms with E-state index >= 15 is 0 Å². The third kappa shape index (κ3) is 16.7. The summed E-state index contributed by atoms with van der Waals surface area (Å²) in [5.41, 5.74) is 0. The summed E-state index contributed by atoms with van der Waals surface area (Å²) in [4.78, 5) is 10.3. The van der Waals surface area contributed by atoms with Gasteiger partial charge in [-0.05, 0) is 38.5 Å². The molecule has 0 aromatic heterocycles. The highest BCUT2D eigenvalue weighted by molar-refractivity contribution is 5.66. The Labute approximate surface area is 124 Å². The van der Waals surface area contributed by atoms with Crippen molar-refractivity contribution in [2.24, 2.45) is 0 Å². The number of aliphatic carboxylic acids is 1. The van der Waals surface area contributed by atoms with Crippen molar-refractivity contribution in [3.8, 4) is 0 Å². The molecular formula is C18H30O2. The van der Waals surface area contributed by atoms with Crippen LogP contribution >= 0.6 is 0 Å². The molecule has 114 valence electrons. The summed E-state index contributed by atoms with van der Waals surface area (Å²) in [6.45, 7) is 2.15. The second-order valence-corrected chi connectivity index (χ2v) is 4.99. The van der Waals surface area contributed by atoms with Gasteiger partial charge in [-0.2, -0.15) is 0 Å². The first-order chi connectivity index (χ1) is 9.77. The Bertz CT molecular complexity index is 301. The summed E-state index contributed by atoms with van der Waals surface area (Å²) in [6, 6.07) is 0. The quantitative estimate of drug-likeness (QED) is 0.348. The smallest absolute Gasteiger partial charge is 0.303 e. The van der Waals surface area contributed by atoms with E-state index in [-0.39, 0.29) is 0 Å². The molecule has 0 rings (SSSR count). The lowest BCUT2D eigenvalue weighted by Gasteiger charge is -1.98.